The normalized spacial score (nSPS) is 11.9. The zero-order chi connectivity index (χ0) is 15.2. The molecule has 10 heteroatoms. The van der Waals surface area contributed by atoms with Gasteiger partial charge < -0.3 is 5.73 Å². The Bertz CT molecular complexity index is 659. The molecule has 1 heterocycles. The summed E-state index contributed by atoms with van der Waals surface area (Å²) in [6.07, 6.45) is 0. The number of rotatable bonds is 2. The summed E-state index contributed by atoms with van der Waals surface area (Å²) in [6.45, 7) is 0. The molecule has 0 aliphatic heterocycles. The van der Waals surface area contributed by atoms with Crippen LogP contribution >= 0.6 is 70.6 Å². The molecule has 0 saturated carbocycles. The minimum absolute atomic E-state index is 0.0860. The first-order valence-electron chi connectivity index (χ1n) is 4.92. The lowest BCUT2D eigenvalue weighted by Crippen LogP contribution is -2.08. The fraction of sp³-hybridized carbons (Fsp3) is 0.100. The van der Waals surface area contributed by atoms with Gasteiger partial charge in [0.1, 0.15) is 16.5 Å². The van der Waals surface area contributed by atoms with Crippen LogP contribution in [-0.2, 0) is 4.59 Å². The highest BCUT2D eigenvalue weighted by Gasteiger charge is 2.35. The number of benzene rings is 1. The molecule has 1 aromatic heterocycles. The molecule has 0 unspecified atom stereocenters. The molecule has 0 radical (unpaired) electrons. The minimum Gasteiger partial charge on any atom is -0.383 e. The minimum atomic E-state index is -2.75. The molecule has 0 fully saturated rings. The maximum atomic E-state index is 13.7. The molecule has 0 aliphatic rings. The highest BCUT2D eigenvalue weighted by Crippen LogP contribution is 2.44. The summed E-state index contributed by atoms with van der Waals surface area (Å²) in [5.41, 5.74) is 5.72. The smallest absolute Gasteiger partial charge is 0.289 e. The molecule has 20 heavy (non-hydrogen) atoms. The van der Waals surface area contributed by atoms with Crippen LogP contribution in [0.2, 0.25) is 15.1 Å². The van der Waals surface area contributed by atoms with E-state index in [1.807, 2.05) is 0 Å². The van der Waals surface area contributed by atoms with E-state index < -0.39 is 4.59 Å². The lowest BCUT2D eigenvalue weighted by atomic mass is 10.3. The van der Waals surface area contributed by atoms with Gasteiger partial charge in [0.15, 0.2) is 0 Å². The second-order valence-electron chi connectivity index (χ2n) is 3.71. The molecule has 1 aromatic carbocycles. The number of hydrogen-bond donors (Lipinski definition) is 2. The summed E-state index contributed by atoms with van der Waals surface area (Å²) in [5.74, 6) is -0.173. The van der Waals surface area contributed by atoms with Crippen molar-refractivity contribution in [2.45, 2.75) is 9.61 Å². The third-order valence-electron chi connectivity index (χ3n) is 2.38. The van der Waals surface area contributed by atoms with Gasteiger partial charge in [-0.2, -0.15) is 5.10 Å². The van der Waals surface area contributed by atoms with Gasteiger partial charge in [0.2, 0.25) is 0 Å². The Morgan fingerprint density at radius 1 is 1.20 bits per heavy atom. The van der Waals surface area contributed by atoms with Crippen molar-refractivity contribution in [2.75, 3.05) is 5.73 Å². The standard InChI is InChI=1S/C10H5Cl5FN3S/c11-3-1-4(12)7(5(13)2-3)19-8(17)6(9(20)18-19)10(14,15)16/h1-2H,17H2,(H,18,20). The Morgan fingerprint density at radius 2 is 1.70 bits per heavy atom. The van der Waals surface area contributed by atoms with E-state index in [2.05, 4.69) is 17.7 Å². The van der Waals surface area contributed by atoms with Crippen molar-refractivity contribution in [3.63, 3.8) is 0 Å². The zero-order valence-electron chi connectivity index (χ0n) is 9.34. The first-order valence-corrected chi connectivity index (χ1v) is 7.26. The van der Waals surface area contributed by atoms with E-state index in [4.69, 9.17) is 63.7 Å². The molecule has 108 valence electrons. The van der Waals surface area contributed by atoms with Gasteiger partial charge in [-0.3, -0.25) is 0 Å². The molecule has 0 spiro atoms. The molecule has 2 N–H and O–H groups in total. The number of aromatic nitrogens is 2. The third-order valence-corrected chi connectivity index (χ3v) is 3.87. The Balaban J connectivity index is 2.73. The Labute approximate surface area is 144 Å². The SMILES string of the molecule is Nc1c(C(F)(Cl)Cl)c(S)nn1-c1c(Cl)cc(Cl)cc1Cl. The quantitative estimate of drug-likeness (QED) is 0.538. The van der Waals surface area contributed by atoms with Crippen LogP contribution in [0, 0.1) is 0 Å². The number of thiol groups is 1. The molecule has 2 aromatic rings. The average Bonchev–Trinajstić information content (AvgIpc) is 2.51. The number of nitrogen functional groups attached to an aromatic ring is 1. The summed E-state index contributed by atoms with van der Waals surface area (Å²) >= 11 is 32.7. The predicted molar refractivity (Wildman–Crippen MR) is 84.8 cm³/mol. The van der Waals surface area contributed by atoms with Crippen molar-refractivity contribution in [1.29, 1.82) is 0 Å². The van der Waals surface area contributed by atoms with Crippen molar-refractivity contribution < 1.29 is 4.39 Å². The first-order chi connectivity index (χ1) is 9.12. The van der Waals surface area contributed by atoms with Crippen LogP contribution in [0.15, 0.2) is 17.2 Å². The number of hydrogen-bond acceptors (Lipinski definition) is 3. The first kappa shape index (κ1) is 16.3. The van der Waals surface area contributed by atoms with Crippen molar-refractivity contribution in [2.24, 2.45) is 0 Å². The molecule has 0 atom stereocenters. The monoisotopic (exact) mass is 393 g/mol. The van der Waals surface area contributed by atoms with Crippen LogP contribution in [0.4, 0.5) is 10.2 Å². The second kappa shape index (κ2) is 5.63. The molecule has 0 bridgehead atoms. The Kier molecular flexibility index (Phi) is 4.60. The number of anilines is 1. The van der Waals surface area contributed by atoms with Crippen molar-refractivity contribution in [1.82, 2.24) is 9.78 Å². The van der Waals surface area contributed by atoms with Crippen LogP contribution in [0.25, 0.3) is 5.69 Å². The van der Waals surface area contributed by atoms with E-state index in [1.54, 1.807) is 0 Å². The fourth-order valence-electron chi connectivity index (χ4n) is 1.60. The summed E-state index contributed by atoms with van der Waals surface area (Å²) in [7, 11) is 0. The molecular formula is C10H5Cl5FN3S. The average molecular weight is 396 g/mol. The van der Waals surface area contributed by atoms with E-state index in [-0.39, 0.29) is 32.1 Å². The van der Waals surface area contributed by atoms with E-state index >= 15 is 0 Å². The van der Waals surface area contributed by atoms with Gasteiger partial charge in [0.05, 0.1) is 15.6 Å². The van der Waals surface area contributed by atoms with E-state index in [1.165, 1.54) is 12.1 Å². The van der Waals surface area contributed by atoms with E-state index in [0.717, 1.165) is 4.68 Å². The van der Waals surface area contributed by atoms with Crippen LogP contribution in [0.1, 0.15) is 5.56 Å². The van der Waals surface area contributed by atoms with Gasteiger partial charge >= 0.3 is 0 Å². The van der Waals surface area contributed by atoms with E-state index in [9.17, 15) is 4.39 Å². The molecule has 3 nitrogen and oxygen atoms in total. The van der Waals surface area contributed by atoms with Gasteiger partial charge in [-0.1, -0.05) is 58.0 Å². The Morgan fingerprint density at radius 3 is 2.10 bits per heavy atom. The number of alkyl halides is 3. The summed E-state index contributed by atoms with van der Waals surface area (Å²) < 4.78 is 12.0. The molecule has 0 aliphatic carbocycles. The number of nitrogens with two attached hydrogens (primary N) is 1. The zero-order valence-corrected chi connectivity index (χ0v) is 14.0. The number of halogens is 6. The van der Waals surface area contributed by atoms with Gasteiger partial charge in [0.25, 0.3) is 4.59 Å². The maximum absolute atomic E-state index is 13.7. The lowest BCUT2D eigenvalue weighted by molar-refractivity contribution is 0.401. The third kappa shape index (κ3) is 2.93. The summed E-state index contributed by atoms with van der Waals surface area (Å²) in [4.78, 5) is 0. The summed E-state index contributed by atoms with van der Waals surface area (Å²) in [5, 5.41) is 4.52. The molecule has 0 saturated heterocycles. The molecule has 0 amide bonds. The van der Waals surface area contributed by atoms with Crippen molar-refractivity contribution >= 4 is 76.5 Å². The van der Waals surface area contributed by atoms with E-state index in [0.29, 0.717) is 5.02 Å². The van der Waals surface area contributed by atoms with Crippen LogP contribution in [0.5, 0.6) is 0 Å². The largest absolute Gasteiger partial charge is 0.383 e. The van der Waals surface area contributed by atoms with Crippen LogP contribution in [-0.4, -0.2) is 9.78 Å². The van der Waals surface area contributed by atoms with Gasteiger partial charge in [-0.05, 0) is 12.1 Å². The second-order valence-corrected chi connectivity index (χ2v) is 6.62. The summed E-state index contributed by atoms with van der Waals surface area (Å²) in [6, 6.07) is 2.88. The van der Waals surface area contributed by atoms with Crippen LogP contribution < -0.4 is 5.73 Å². The van der Waals surface area contributed by atoms with Crippen LogP contribution in [0.3, 0.4) is 0 Å². The van der Waals surface area contributed by atoms with Crippen molar-refractivity contribution in [3.05, 3.63) is 32.8 Å². The van der Waals surface area contributed by atoms with Crippen molar-refractivity contribution in [3.8, 4) is 5.69 Å². The molecule has 2 rings (SSSR count). The maximum Gasteiger partial charge on any atom is 0.289 e. The predicted octanol–water partition coefficient (Wildman–Crippen LogP) is 5.26. The molecular weight excluding hydrogens is 390 g/mol. The highest BCUT2D eigenvalue weighted by molar-refractivity contribution is 7.80. The lowest BCUT2D eigenvalue weighted by Gasteiger charge is -2.12. The fourth-order valence-corrected chi connectivity index (χ4v) is 3.44. The van der Waals surface area contributed by atoms with Gasteiger partial charge in [-0.25, -0.2) is 9.07 Å². The topological polar surface area (TPSA) is 43.8 Å². The number of nitrogens with zero attached hydrogens (tertiary/aromatic N) is 2. The van der Waals surface area contributed by atoms with Gasteiger partial charge in [-0.15, -0.1) is 12.6 Å². The highest BCUT2D eigenvalue weighted by atomic mass is 35.5. The Hall–Kier alpha value is -0.0400. The van der Waals surface area contributed by atoms with Gasteiger partial charge in [0, 0.05) is 5.02 Å².